The van der Waals surface area contributed by atoms with E-state index in [4.69, 9.17) is 5.11 Å². The van der Waals surface area contributed by atoms with E-state index in [1.54, 1.807) is 24.4 Å². The van der Waals surface area contributed by atoms with Crippen molar-refractivity contribution in [2.75, 3.05) is 17.2 Å². The first-order valence-corrected chi connectivity index (χ1v) is 6.40. The number of anilines is 2. The van der Waals surface area contributed by atoms with Gasteiger partial charge < -0.3 is 15.7 Å². The Morgan fingerprint density at radius 1 is 1.22 bits per heavy atom. The summed E-state index contributed by atoms with van der Waals surface area (Å²) in [6.45, 7) is -0.436. The number of carbonyl (C=O) groups is 1. The van der Waals surface area contributed by atoms with Gasteiger partial charge in [0.05, 0.1) is 12.2 Å². The predicted octanol–water partition coefficient (Wildman–Crippen LogP) is 2.00. The molecule has 0 spiro atoms. The van der Waals surface area contributed by atoms with E-state index in [2.05, 4.69) is 25.6 Å². The molecule has 23 heavy (non-hydrogen) atoms. The summed E-state index contributed by atoms with van der Waals surface area (Å²) in [5.41, 5.74) is -0.566. The Labute approximate surface area is 128 Å². The minimum Gasteiger partial charge on any atom is -0.480 e. The number of alkyl halides is 3. The van der Waals surface area contributed by atoms with Crippen LogP contribution >= 0.6 is 0 Å². The molecule has 2 heterocycles. The molecule has 0 bridgehead atoms. The van der Waals surface area contributed by atoms with Crippen LogP contribution in [0.1, 0.15) is 11.4 Å². The largest absolute Gasteiger partial charge is 0.480 e. The lowest BCUT2D eigenvalue weighted by molar-refractivity contribution is -0.141. The summed E-state index contributed by atoms with van der Waals surface area (Å²) in [5, 5.41) is 13.5. The third kappa shape index (κ3) is 5.09. The Hall–Kier alpha value is -2.91. The number of aromatic nitrogens is 3. The zero-order valence-corrected chi connectivity index (χ0v) is 11.6. The average molecular weight is 327 g/mol. The predicted molar refractivity (Wildman–Crippen MR) is 74.7 cm³/mol. The van der Waals surface area contributed by atoms with E-state index in [0.29, 0.717) is 5.69 Å². The Balaban J connectivity index is 2.19. The number of aliphatic carboxylic acids is 1. The van der Waals surface area contributed by atoms with E-state index < -0.39 is 30.3 Å². The highest BCUT2D eigenvalue weighted by Crippen LogP contribution is 2.29. The van der Waals surface area contributed by atoms with Gasteiger partial charge in [-0.05, 0) is 12.1 Å². The van der Waals surface area contributed by atoms with Crippen LogP contribution in [-0.4, -0.2) is 32.6 Å². The van der Waals surface area contributed by atoms with Crippen LogP contribution < -0.4 is 10.6 Å². The molecule has 0 aromatic carbocycles. The van der Waals surface area contributed by atoms with Crippen molar-refractivity contribution in [3.63, 3.8) is 0 Å². The molecule has 0 saturated heterocycles. The van der Waals surface area contributed by atoms with Crippen molar-refractivity contribution in [1.29, 1.82) is 0 Å². The van der Waals surface area contributed by atoms with Crippen molar-refractivity contribution < 1.29 is 23.1 Å². The van der Waals surface area contributed by atoms with Crippen LogP contribution in [0.25, 0.3) is 0 Å². The normalized spacial score (nSPS) is 11.1. The smallest absolute Gasteiger partial charge is 0.433 e. The number of carboxylic acid groups (broad SMARTS) is 1. The van der Waals surface area contributed by atoms with E-state index in [1.165, 1.54) is 0 Å². The molecular weight excluding hydrogens is 315 g/mol. The van der Waals surface area contributed by atoms with Crippen LogP contribution in [-0.2, 0) is 17.5 Å². The molecule has 0 aliphatic heterocycles. The van der Waals surface area contributed by atoms with Gasteiger partial charge >= 0.3 is 12.1 Å². The fourth-order valence-corrected chi connectivity index (χ4v) is 1.60. The lowest BCUT2D eigenvalue weighted by Gasteiger charge is -2.12. The van der Waals surface area contributed by atoms with Crippen molar-refractivity contribution >= 4 is 17.7 Å². The molecule has 0 unspecified atom stereocenters. The molecule has 0 aliphatic rings. The Morgan fingerprint density at radius 2 is 2.00 bits per heavy atom. The molecule has 2 rings (SSSR count). The van der Waals surface area contributed by atoms with E-state index in [-0.39, 0.29) is 12.4 Å². The molecular formula is C13H12F3N5O2. The van der Waals surface area contributed by atoms with Crippen LogP contribution in [0.4, 0.5) is 24.9 Å². The summed E-state index contributed by atoms with van der Waals surface area (Å²) < 4.78 is 38.5. The number of nitrogens with zero attached hydrogens (tertiary/aromatic N) is 3. The van der Waals surface area contributed by atoms with Gasteiger partial charge in [-0.2, -0.15) is 18.2 Å². The van der Waals surface area contributed by atoms with Gasteiger partial charge in [-0.1, -0.05) is 6.07 Å². The summed E-state index contributed by atoms with van der Waals surface area (Å²) in [4.78, 5) is 21.6. The zero-order valence-electron chi connectivity index (χ0n) is 11.6. The highest BCUT2D eigenvalue weighted by atomic mass is 19.4. The maximum absolute atomic E-state index is 12.8. The number of rotatable bonds is 6. The van der Waals surface area contributed by atoms with Gasteiger partial charge in [0, 0.05) is 12.3 Å². The number of pyridine rings is 1. The molecule has 0 aliphatic carbocycles. The van der Waals surface area contributed by atoms with Crippen LogP contribution in [0.15, 0.2) is 30.5 Å². The van der Waals surface area contributed by atoms with Crippen LogP contribution in [0.3, 0.4) is 0 Å². The molecule has 0 saturated carbocycles. The molecule has 122 valence electrons. The Kier molecular flexibility index (Phi) is 4.94. The lowest BCUT2D eigenvalue weighted by Crippen LogP contribution is -2.18. The monoisotopic (exact) mass is 327 g/mol. The van der Waals surface area contributed by atoms with Crippen LogP contribution in [0, 0.1) is 0 Å². The summed E-state index contributed by atoms with van der Waals surface area (Å²) in [7, 11) is 0. The van der Waals surface area contributed by atoms with E-state index in [1.807, 2.05) is 0 Å². The molecule has 2 aromatic rings. The summed E-state index contributed by atoms with van der Waals surface area (Å²) in [5.74, 6) is -1.76. The third-order valence-corrected chi connectivity index (χ3v) is 2.59. The van der Waals surface area contributed by atoms with Gasteiger partial charge in [-0.25, -0.2) is 4.98 Å². The summed E-state index contributed by atoms with van der Waals surface area (Å²) >= 11 is 0. The first-order chi connectivity index (χ1) is 10.8. The lowest BCUT2D eigenvalue weighted by atomic mass is 10.3. The number of hydrogen-bond donors (Lipinski definition) is 3. The second-order valence-corrected chi connectivity index (χ2v) is 4.38. The minimum atomic E-state index is -4.68. The molecule has 2 aromatic heterocycles. The highest BCUT2D eigenvalue weighted by Gasteiger charge is 2.33. The standard InChI is InChI=1S/C13H12F3N5O2/c14-13(15,16)9-5-10(18-6-8-3-1-2-4-17-8)21-12(20-9)19-7-11(22)23/h1-5H,6-7H2,(H,22,23)(H2,18,19,20,21). The van der Waals surface area contributed by atoms with Gasteiger partial charge in [-0.15, -0.1) is 0 Å². The van der Waals surface area contributed by atoms with E-state index in [0.717, 1.165) is 6.07 Å². The van der Waals surface area contributed by atoms with Gasteiger partial charge in [-0.3, -0.25) is 9.78 Å². The van der Waals surface area contributed by atoms with Crippen LogP contribution in [0.2, 0.25) is 0 Å². The second-order valence-electron chi connectivity index (χ2n) is 4.38. The van der Waals surface area contributed by atoms with Crippen LogP contribution in [0.5, 0.6) is 0 Å². The number of halogens is 3. The summed E-state index contributed by atoms with van der Waals surface area (Å²) in [6.07, 6.45) is -3.12. The fraction of sp³-hybridized carbons (Fsp3) is 0.231. The van der Waals surface area contributed by atoms with Gasteiger partial charge in [0.25, 0.3) is 0 Å². The Bertz CT molecular complexity index is 679. The van der Waals surface area contributed by atoms with Crippen molar-refractivity contribution in [3.05, 3.63) is 41.9 Å². The molecule has 3 N–H and O–H groups in total. The van der Waals surface area contributed by atoms with Gasteiger partial charge in [0.2, 0.25) is 5.95 Å². The zero-order chi connectivity index (χ0) is 16.9. The van der Waals surface area contributed by atoms with Crippen molar-refractivity contribution in [3.8, 4) is 0 Å². The van der Waals surface area contributed by atoms with E-state index >= 15 is 0 Å². The minimum absolute atomic E-state index is 0.0918. The first kappa shape index (κ1) is 16.5. The topological polar surface area (TPSA) is 100 Å². The summed E-state index contributed by atoms with van der Waals surface area (Å²) in [6, 6.07) is 5.90. The molecule has 0 amide bonds. The maximum Gasteiger partial charge on any atom is 0.433 e. The number of carboxylic acids is 1. The molecule has 0 fully saturated rings. The van der Waals surface area contributed by atoms with Gasteiger partial charge in [0.1, 0.15) is 12.4 Å². The molecule has 7 nitrogen and oxygen atoms in total. The fourth-order valence-electron chi connectivity index (χ4n) is 1.60. The number of nitrogens with one attached hydrogen (secondary N) is 2. The van der Waals surface area contributed by atoms with Crippen molar-refractivity contribution in [2.24, 2.45) is 0 Å². The molecule has 10 heteroatoms. The van der Waals surface area contributed by atoms with E-state index in [9.17, 15) is 18.0 Å². The second kappa shape index (κ2) is 6.90. The molecule has 0 atom stereocenters. The third-order valence-electron chi connectivity index (χ3n) is 2.59. The molecule has 0 radical (unpaired) electrons. The average Bonchev–Trinajstić information content (AvgIpc) is 2.51. The Morgan fingerprint density at radius 3 is 2.61 bits per heavy atom. The maximum atomic E-state index is 12.8. The van der Waals surface area contributed by atoms with Crippen molar-refractivity contribution in [1.82, 2.24) is 15.0 Å². The van der Waals surface area contributed by atoms with Gasteiger partial charge in [0.15, 0.2) is 5.69 Å². The SMILES string of the molecule is O=C(O)CNc1nc(NCc2ccccn2)cc(C(F)(F)F)n1. The quantitative estimate of drug-likeness (QED) is 0.746. The number of hydrogen-bond acceptors (Lipinski definition) is 6. The first-order valence-electron chi connectivity index (χ1n) is 6.40. The highest BCUT2D eigenvalue weighted by molar-refractivity contribution is 5.71. The van der Waals surface area contributed by atoms with Crippen molar-refractivity contribution in [2.45, 2.75) is 12.7 Å².